The second-order valence-electron chi connectivity index (χ2n) is 6.64. The average molecular weight is 426 g/mol. The molecule has 1 aliphatic rings. The van der Waals surface area contributed by atoms with Gasteiger partial charge in [0.25, 0.3) is 11.8 Å². The van der Waals surface area contributed by atoms with Gasteiger partial charge in [0.1, 0.15) is 5.70 Å². The van der Waals surface area contributed by atoms with Crippen LogP contribution in [0.1, 0.15) is 19.4 Å². The zero-order chi connectivity index (χ0) is 22.5. The van der Waals surface area contributed by atoms with Gasteiger partial charge in [0, 0.05) is 18.8 Å². The summed E-state index contributed by atoms with van der Waals surface area (Å²) in [5, 5.41) is 3.09. The Morgan fingerprint density at radius 1 is 0.806 bits per heavy atom. The maximum absolute atomic E-state index is 12.9. The first-order valence-corrected chi connectivity index (χ1v) is 9.90. The highest BCUT2D eigenvalue weighted by atomic mass is 16.5. The van der Waals surface area contributed by atoms with E-state index in [-0.39, 0.29) is 11.3 Å². The molecule has 1 heterocycles. The number of rotatable bonds is 9. The number of amides is 2. The van der Waals surface area contributed by atoms with E-state index in [0.29, 0.717) is 47.5 Å². The summed E-state index contributed by atoms with van der Waals surface area (Å²) < 4.78 is 21.9. The van der Waals surface area contributed by atoms with Gasteiger partial charge in [0.15, 0.2) is 23.0 Å². The summed E-state index contributed by atoms with van der Waals surface area (Å²) in [6, 6.07) is 10.3. The van der Waals surface area contributed by atoms with Crippen LogP contribution in [0.5, 0.6) is 23.0 Å². The molecule has 0 atom stereocenters. The normalized spacial score (nSPS) is 13.5. The van der Waals surface area contributed by atoms with E-state index >= 15 is 0 Å². The van der Waals surface area contributed by atoms with Crippen molar-refractivity contribution in [3.63, 3.8) is 0 Å². The van der Waals surface area contributed by atoms with Crippen molar-refractivity contribution in [2.24, 2.45) is 0 Å². The van der Waals surface area contributed by atoms with Crippen LogP contribution in [-0.2, 0) is 9.59 Å². The van der Waals surface area contributed by atoms with Gasteiger partial charge >= 0.3 is 0 Å². The predicted octanol–water partition coefficient (Wildman–Crippen LogP) is 3.32. The zero-order valence-corrected chi connectivity index (χ0v) is 18.3. The number of nitrogens with one attached hydrogen (secondary N) is 1. The molecule has 3 rings (SSSR count). The number of nitrogens with zero attached hydrogens (tertiary/aromatic N) is 1. The highest BCUT2D eigenvalue weighted by Gasteiger charge is 2.37. The van der Waals surface area contributed by atoms with Crippen LogP contribution in [0.15, 0.2) is 42.1 Å². The van der Waals surface area contributed by atoms with Gasteiger partial charge in [0.2, 0.25) is 0 Å². The number of methoxy groups -OCH3 is 2. The maximum Gasteiger partial charge on any atom is 0.277 e. The van der Waals surface area contributed by atoms with Gasteiger partial charge in [-0.15, -0.1) is 0 Å². The Kier molecular flexibility index (Phi) is 6.69. The Labute approximate surface area is 181 Å². The van der Waals surface area contributed by atoms with Gasteiger partial charge < -0.3 is 24.3 Å². The fourth-order valence-corrected chi connectivity index (χ4v) is 3.29. The first-order valence-electron chi connectivity index (χ1n) is 9.90. The maximum atomic E-state index is 12.9. The second-order valence-corrected chi connectivity index (χ2v) is 6.64. The van der Waals surface area contributed by atoms with Crippen LogP contribution >= 0.6 is 0 Å². The Morgan fingerprint density at radius 3 is 2.10 bits per heavy atom. The quantitative estimate of drug-likeness (QED) is 0.616. The summed E-state index contributed by atoms with van der Waals surface area (Å²) in [4.78, 5) is 26.8. The number of carbonyl (C=O) groups is 2. The van der Waals surface area contributed by atoms with Crippen LogP contribution < -0.4 is 24.3 Å². The van der Waals surface area contributed by atoms with Crippen LogP contribution in [-0.4, -0.2) is 51.2 Å². The van der Waals surface area contributed by atoms with E-state index in [9.17, 15) is 9.59 Å². The van der Waals surface area contributed by atoms with Crippen molar-refractivity contribution in [3.05, 3.63) is 47.7 Å². The van der Waals surface area contributed by atoms with Gasteiger partial charge in [-0.05, 0) is 43.7 Å². The molecule has 1 aliphatic heterocycles. The molecule has 0 radical (unpaired) electrons. The minimum absolute atomic E-state index is 0.173. The van der Waals surface area contributed by atoms with Crippen LogP contribution in [0, 0.1) is 0 Å². The molecular formula is C23H26N2O6. The third-order valence-corrected chi connectivity index (χ3v) is 4.77. The molecule has 0 aromatic heterocycles. The third kappa shape index (κ3) is 4.28. The third-order valence-electron chi connectivity index (χ3n) is 4.77. The van der Waals surface area contributed by atoms with Gasteiger partial charge in [-0.3, -0.25) is 14.5 Å². The molecule has 0 spiro atoms. The standard InChI is InChI=1S/C23H26N2O6/c1-6-30-17-11-9-15(13-19(17)31-7-2)24-21-20(22(26)25(3)23(21)27)14-8-10-16(28-4)18(12-14)29-5/h8-13,24H,6-7H2,1-5H3. The number of benzene rings is 2. The Bertz CT molecular complexity index is 1030. The summed E-state index contributed by atoms with van der Waals surface area (Å²) in [5.74, 6) is 1.31. The lowest BCUT2D eigenvalue weighted by Gasteiger charge is -2.14. The van der Waals surface area contributed by atoms with E-state index in [2.05, 4.69) is 5.32 Å². The van der Waals surface area contributed by atoms with Gasteiger partial charge in [-0.2, -0.15) is 0 Å². The molecule has 0 unspecified atom stereocenters. The number of anilines is 1. The van der Waals surface area contributed by atoms with Crippen molar-refractivity contribution in [3.8, 4) is 23.0 Å². The molecule has 2 amide bonds. The van der Waals surface area contributed by atoms with E-state index in [1.165, 1.54) is 21.3 Å². The van der Waals surface area contributed by atoms with Crippen molar-refractivity contribution >= 4 is 23.1 Å². The summed E-state index contributed by atoms with van der Waals surface area (Å²) in [7, 11) is 4.49. The lowest BCUT2D eigenvalue weighted by Crippen LogP contribution is -2.27. The number of ether oxygens (including phenoxy) is 4. The summed E-state index contributed by atoms with van der Waals surface area (Å²) in [6.07, 6.45) is 0. The molecule has 0 bridgehead atoms. The van der Waals surface area contributed by atoms with E-state index in [4.69, 9.17) is 18.9 Å². The second kappa shape index (κ2) is 9.42. The first-order chi connectivity index (χ1) is 14.9. The molecule has 2 aromatic rings. The van der Waals surface area contributed by atoms with Crippen LogP contribution in [0.2, 0.25) is 0 Å². The first kappa shape index (κ1) is 22.0. The molecule has 0 aliphatic carbocycles. The van der Waals surface area contributed by atoms with E-state index in [0.717, 1.165) is 4.90 Å². The number of carbonyl (C=O) groups excluding carboxylic acids is 2. The van der Waals surface area contributed by atoms with Crippen molar-refractivity contribution in [1.29, 1.82) is 0 Å². The molecule has 2 aromatic carbocycles. The van der Waals surface area contributed by atoms with E-state index in [1.54, 1.807) is 36.4 Å². The van der Waals surface area contributed by atoms with Gasteiger partial charge in [-0.1, -0.05) is 6.07 Å². The summed E-state index contributed by atoms with van der Waals surface area (Å²) in [5.41, 5.74) is 1.56. The topological polar surface area (TPSA) is 86.3 Å². The predicted molar refractivity (Wildman–Crippen MR) is 117 cm³/mol. The molecule has 164 valence electrons. The van der Waals surface area contributed by atoms with Crippen molar-refractivity contribution in [2.45, 2.75) is 13.8 Å². The molecule has 8 heteroatoms. The van der Waals surface area contributed by atoms with Crippen LogP contribution in [0.3, 0.4) is 0 Å². The van der Waals surface area contributed by atoms with Crippen LogP contribution in [0.4, 0.5) is 5.69 Å². The highest BCUT2D eigenvalue weighted by Crippen LogP contribution is 2.36. The zero-order valence-electron chi connectivity index (χ0n) is 18.3. The number of imide groups is 1. The monoisotopic (exact) mass is 426 g/mol. The number of likely N-dealkylation sites (N-methyl/N-ethyl adjacent to an activating group) is 1. The number of hydrogen-bond donors (Lipinski definition) is 1. The van der Waals surface area contributed by atoms with Gasteiger partial charge in [-0.25, -0.2) is 0 Å². The van der Waals surface area contributed by atoms with Gasteiger partial charge in [0.05, 0.1) is 33.0 Å². The Morgan fingerprint density at radius 2 is 1.45 bits per heavy atom. The number of hydrogen-bond acceptors (Lipinski definition) is 7. The fraction of sp³-hybridized carbons (Fsp3) is 0.304. The van der Waals surface area contributed by atoms with Crippen molar-refractivity contribution < 1.29 is 28.5 Å². The smallest absolute Gasteiger partial charge is 0.277 e. The lowest BCUT2D eigenvalue weighted by atomic mass is 10.0. The molecule has 1 N–H and O–H groups in total. The highest BCUT2D eigenvalue weighted by molar-refractivity contribution is 6.36. The SMILES string of the molecule is CCOc1ccc(NC2=C(c3ccc(OC)c(OC)c3)C(=O)N(C)C2=O)cc1OCC. The molecule has 0 saturated heterocycles. The minimum Gasteiger partial charge on any atom is -0.493 e. The van der Waals surface area contributed by atoms with Crippen molar-refractivity contribution in [1.82, 2.24) is 4.90 Å². The molecular weight excluding hydrogens is 400 g/mol. The molecule has 0 fully saturated rings. The molecule has 0 saturated carbocycles. The summed E-state index contributed by atoms with van der Waals surface area (Å²) >= 11 is 0. The molecule has 8 nitrogen and oxygen atoms in total. The van der Waals surface area contributed by atoms with Crippen LogP contribution in [0.25, 0.3) is 5.57 Å². The molecule has 31 heavy (non-hydrogen) atoms. The fourth-order valence-electron chi connectivity index (χ4n) is 3.29. The average Bonchev–Trinajstić information content (AvgIpc) is 2.99. The van der Waals surface area contributed by atoms with E-state index in [1.807, 2.05) is 13.8 Å². The Hall–Kier alpha value is -3.68. The Balaban J connectivity index is 2.06. The largest absolute Gasteiger partial charge is 0.493 e. The van der Waals surface area contributed by atoms with Crippen molar-refractivity contribution in [2.75, 3.05) is 39.8 Å². The van der Waals surface area contributed by atoms with E-state index < -0.39 is 11.8 Å². The summed E-state index contributed by atoms with van der Waals surface area (Å²) in [6.45, 7) is 4.73. The minimum atomic E-state index is -0.429. The lowest BCUT2D eigenvalue weighted by molar-refractivity contribution is -0.135.